The maximum absolute atomic E-state index is 9.79. The van der Waals surface area contributed by atoms with Crippen molar-refractivity contribution in [3.63, 3.8) is 0 Å². The molecule has 0 unspecified atom stereocenters. The van der Waals surface area contributed by atoms with E-state index in [0.29, 0.717) is 10.7 Å². The number of hydrogen-bond acceptors (Lipinski definition) is 3. The van der Waals surface area contributed by atoms with Gasteiger partial charge in [-0.15, -0.1) is 0 Å². The summed E-state index contributed by atoms with van der Waals surface area (Å²) in [5, 5.41) is 3.04. The number of halogens is 1. The first kappa shape index (κ1) is 7.15. The third-order valence-electron chi connectivity index (χ3n) is 1.07. The van der Waals surface area contributed by atoms with Crippen LogP contribution in [0.2, 0.25) is 5.15 Å². The minimum absolute atomic E-state index is 0.0900. The van der Waals surface area contributed by atoms with Crippen LogP contribution in [0.15, 0.2) is 23.5 Å². The molecule has 0 saturated carbocycles. The lowest BCUT2D eigenvalue weighted by Gasteiger charge is -1.93. The topological polar surface area (TPSA) is 42.3 Å². The summed E-state index contributed by atoms with van der Waals surface area (Å²) in [7, 11) is 0. The Hall–Kier alpha value is -0.960. The van der Waals surface area contributed by atoms with Gasteiger partial charge in [0.2, 0.25) is 0 Å². The summed E-state index contributed by atoms with van der Waals surface area (Å²) in [6.07, 6.45) is 1.57. The molecule has 0 bridgehead atoms. The normalized spacial score (nSPS) is 9.30. The molecule has 10 heavy (non-hydrogen) atoms. The standard InChI is InChI=1S/C6H5ClN2O/c7-6-5(4-9-10)2-1-3-8-6/h1-3H,4H2. The second kappa shape index (κ2) is 3.27. The molecule has 0 radical (unpaired) electrons. The maximum Gasteiger partial charge on any atom is 0.134 e. The fourth-order valence-corrected chi connectivity index (χ4v) is 0.786. The van der Waals surface area contributed by atoms with E-state index in [1.807, 2.05) is 0 Å². The molecule has 0 atom stereocenters. The van der Waals surface area contributed by atoms with Gasteiger partial charge in [0.05, 0.1) is 0 Å². The molecule has 0 saturated heterocycles. The number of nitrogens with zero attached hydrogens (tertiary/aromatic N) is 2. The largest absolute Gasteiger partial charge is 0.244 e. The van der Waals surface area contributed by atoms with Crippen molar-refractivity contribution in [3.8, 4) is 0 Å². The maximum atomic E-state index is 9.79. The Bertz CT molecular complexity index is 239. The molecule has 0 aromatic carbocycles. The molecule has 0 aliphatic rings. The molecular weight excluding hydrogens is 152 g/mol. The smallest absolute Gasteiger partial charge is 0.134 e. The van der Waals surface area contributed by atoms with Crippen LogP contribution in [0.5, 0.6) is 0 Å². The van der Waals surface area contributed by atoms with Crippen LogP contribution >= 0.6 is 11.6 Å². The number of pyridine rings is 1. The highest BCUT2D eigenvalue weighted by Gasteiger charge is 1.97. The highest BCUT2D eigenvalue weighted by Crippen LogP contribution is 2.11. The van der Waals surface area contributed by atoms with Gasteiger partial charge in [-0.25, -0.2) is 4.98 Å². The van der Waals surface area contributed by atoms with Gasteiger partial charge in [-0.1, -0.05) is 22.8 Å². The van der Waals surface area contributed by atoms with Gasteiger partial charge >= 0.3 is 0 Å². The number of aromatic nitrogens is 1. The van der Waals surface area contributed by atoms with Crippen LogP contribution in [0.4, 0.5) is 0 Å². The molecule has 3 nitrogen and oxygen atoms in total. The van der Waals surface area contributed by atoms with Crippen LogP contribution in [0.25, 0.3) is 0 Å². The van der Waals surface area contributed by atoms with Crippen molar-refractivity contribution in [1.82, 2.24) is 4.98 Å². The average molecular weight is 157 g/mol. The van der Waals surface area contributed by atoms with Gasteiger partial charge in [0.25, 0.3) is 0 Å². The Kier molecular flexibility index (Phi) is 2.34. The van der Waals surface area contributed by atoms with E-state index in [0.717, 1.165) is 0 Å². The van der Waals surface area contributed by atoms with Crippen LogP contribution in [0.3, 0.4) is 0 Å². The minimum atomic E-state index is 0.0900. The summed E-state index contributed by atoms with van der Waals surface area (Å²) in [6, 6.07) is 3.43. The van der Waals surface area contributed by atoms with Gasteiger partial charge in [0.15, 0.2) is 0 Å². The second-order valence-corrected chi connectivity index (χ2v) is 2.10. The summed E-state index contributed by atoms with van der Waals surface area (Å²) in [4.78, 5) is 13.6. The zero-order valence-electron chi connectivity index (χ0n) is 5.12. The van der Waals surface area contributed by atoms with Crippen molar-refractivity contribution in [2.45, 2.75) is 6.54 Å². The van der Waals surface area contributed by atoms with Gasteiger partial charge in [-0.3, -0.25) is 0 Å². The van der Waals surface area contributed by atoms with Gasteiger partial charge in [0, 0.05) is 11.8 Å². The van der Waals surface area contributed by atoms with Crippen molar-refractivity contribution < 1.29 is 0 Å². The lowest BCUT2D eigenvalue weighted by atomic mass is 10.3. The Morgan fingerprint density at radius 2 is 2.50 bits per heavy atom. The molecule has 1 aromatic rings. The van der Waals surface area contributed by atoms with Crippen LogP contribution in [0.1, 0.15) is 5.56 Å². The van der Waals surface area contributed by atoms with Gasteiger partial charge in [-0.05, 0) is 6.07 Å². The van der Waals surface area contributed by atoms with E-state index >= 15 is 0 Å². The molecule has 0 fully saturated rings. The first-order chi connectivity index (χ1) is 4.84. The quantitative estimate of drug-likeness (QED) is 0.486. The lowest BCUT2D eigenvalue weighted by molar-refractivity contribution is 1.03. The van der Waals surface area contributed by atoms with Gasteiger partial charge in [-0.2, -0.15) is 4.91 Å². The Morgan fingerprint density at radius 3 is 3.10 bits per heavy atom. The molecule has 52 valence electrons. The summed E-state index contributed by atoms with van der Waals surface area (Å²) in [5.41, 5.74) is 0.666. The van der Waals surface area contributed by atoms with Crippen molar-refractivity contribution in [3.05, 3.63) is 34.0 Å². The minimum Gasteiger partial charge on any atom is -0.244 e. The number of nitroso groups, excluding NO2 is 1. The molecule has 1 aromatic heterocycles. The fraction of sp³-hybridized carbons (Fsp3) is 0.167. The van der Waals surface area contributed by atoms with Crippen LogP contribution in [0, 0.1) is 4.91 Å². The van der Waals surface area contributed by atoms with Gasteiger partial charge in [0.1, 0.15) is 11.7 Å². The van der Waals surface area contributed by atoms with E-state index in [1.165, 1.54) is 0 Å². The molecule has 0 amide bonds. The predicted octanol–water partition coefficient (Wildman–Crippen LogP) is 2.00. The van der Waals surface area contributed by atoms with E-state index in [-0.39, 0.29) is 6.54 Å². The van der Waals surface area contributed by atoms with E-state index in [2.05, 4.69) is 10.2 Å². The zero-order valence-corrected chi connectivity index (χ0v) is 5.88. The van der Waals surface area contributed by atoms with Crippen molar-refractivity contribution in [1.29, 1.82) is 0 Å². The molecule has 4 heteroatoms. The van der Waals surface area contributed by atoms with Gasteiger partial charge < -0.3 is 0 Å². The second-order valence-electron chi connectivity index (χ2n) is 1.74. The Balaban J connectivity index is 2.91. The predicted molar refractivity (Wildman–Crippen MR) is 38.7 cm³/mol. The van der Waals surface area contributed by atoms with Crippen LogP contribution < -0.4 is 0 Å². The first-order valence-electron chi connectivity index (χ1n) is 2.73. The lowest BCUT2D eigenvalue weighted by Crippen LogP contribution is -1.83. The van der Waals surface area contributed by atoms with E-state index < -0.39 is 0 Å². The summed E-state index contributed by atoms with van der Waals surface area (Å²) >= 11 is 5.59. The molecule has 0 aliphatic carbocycles. The van der Waals surface area contributed by atoms with E-state index in [1.54, 1.807) is 18.3 Å². The molecule has 1 rings (SSSR count). The Labute approximate surface area is 63.0 Å². The van der Waals surface area contributed by atoms with E-state index in [9.17, 15) is 4.91 Å². The number of hydrogen-bond donors (Lipinski definition) is 0. The van der Waals surface area contributed by atoms with Crippen molar-refractivity contribution >= 4 is 11.6 Å². The third kappa shape index (κ3) is 1.51. The SMILES string of the molecule is O=NCc1cccnc1Cl. The van der Waals surface area contributed by atoms with Crippen molar-refractivity contribution in [2.24, 2.45) is 5.18 Å². The average Bonchev–Trinajstić information content (AvgIpc) is 1.94. The number of rotatable bonds is 2. The highest BCUT2D eigenvalue weighted by molar-refractivity contribution is 6.30. The van der Waals surface area contributed by atoms with Crippen LogP contribution in [-0.4, -0.2) is 4.98 Å². The van der Waals surface area contributed by atoms with Crippen LogP contribution in [-0.2, 0) is 6.54 Å². The summed E-state index contributed by atoms with van der Waals surface area (Å²) in [5.74, 6) is 0. The molecule has 0 spiro atoms. The highest BCUT2D eigenvalue weighted by atomic mass is 35.5. The summed E-state index contributed by atoms with van der Waals surface area (Å²) < 4.78 is 0. The molecule has 0 aliphatic heterocycles. The van der Waals surface area contributed by atoms with Crippen molar-refractivity contribution in [2.75, 3.05) is 0 Å². The fourth-order valence-electron chi connectivity index (χ4n) is 0.607. The zero-order chi connectivity index (χ0) is 7.40. The molecule has 0 N–H and O–H groups in total. The first-order valence-corrected chi connectivity index (χ1v) is 3.11. The van der Waals surface area contributed by atoms with E-state index in [4.69, 9.17) is 11.6 Å². The summed E-state index contributed by atoms with van der Waals surface area (Å²) in [6.45, 7) is 0.0900. The Morgan fingerprint density at radius 1 is 1.70 bits per heavy atom. The molecule has 1 heterocycles. The molecular formula is C6H5ClN2O. The monoisotopic (exact) mass is 156 g/mol. The third-order valence-corrected chi connectivity index (χ3v) is 1.41.